The highest BCUT2D eigenvalue weighted by Crippen LogP contribution is 2.23. The van der Waals surface area contributed by atoms with Crippen molar-refractivity contribution in [1.82, 2.24) is 19.5 Å². The fraction of sp³-hybridized carbons (Fsp3) is 0.200. The molecule has 0 spiro atoms. The van der Waals surface area contributed by atoms with Gasteiger partial charge in [-0.2, -0.15) is 0 Å². The van der Waals surface area contributed by atoms with Gasteiger partial charge >= 0.3 is 0 Å². The molecular weight excluding hydrogens is 298 g/mol. The van der Waals surface area contributed by atoms with Crippen LogP contribution in [0, 0.1) is 0 Å². The van der Waals surface area contributed by atoms with E-state index in [1.165, 1.54) is 11.3 Å². The van der Waals surface area contributed by atoms with Crippen molar-refractivity contribution < 1.29 is 4.79 Å². The van der Waals surface area contributed by atoms with Crippen molar-refractivity contribution in [2.75, 3.05) is 5.32 Å². The lowest BCUT2D eigenvalue weighted by molar-refractivity contribution is -0.116. The van der Waals surface area contributed by atoms with Crippen LogP contribution in [-0.2, 0) is 18.3 Å². The van der Waals surface area contributed by atoms with Gasteiger partial charge in [0.25, 0.3) is 0 Å². The van der Waals surface area contributed by atoms with E-state index in [2.05, 4.69) is 20.3 Å². The molecule has 0 saturated heterocycles. The summed E-state index contributed by atoms with van der Waals surface area (Å²) in [5, 5.41) is 5.29. The Morgan fingerprint density at radius 3 is 2.95 bits per heavy atom. The van der Waals surface area contributed by atoms with Crippen LogP contribution in [0.2, 0.25) is 0 Å². The maximum atomic E-state index is 12.0. The zero-order valence-electron chi connectivity index (χ0n) is 12.1. The lowest BCUT2D eigenvalue weighted by atomic mass is 10.2. The number of nitrogens with one attached hydrogen (secondary N) is 1. The highest BCUT2D eigenvalue weighted by Gasteiger charge is 2.11. The molecule has 6 nitrogen and oxygen atoms in total. The van der Waals surface area contributed by atoms with E-state index in [-0.39, 0.29) is 5.91 Å². The van der Waals surface area contributed by atoms with Gasteiger partial charge in [-0.1, -0.05) is 6.07 Å². The number of imidazole rings is 1. The Bertz CT molecular complexity index is 765. The standard InChI is InChI=1S/C15H15N5OS/c1-20-9-8-17-14(20)12-10-22-15(18-12)19-13(21)6-5-11-4-2-3-7-16-11/h2-4,7-10H,5-6H2,1H3,(H,18,19,21). The number of thiazole rings is 1. The molecule has 3 aromatic rings. The maximum Gasteiger partial charge on any atom is 0.226 e. The van der Waals surface area contributed by atoms with Crippen molar-refractivity contribution in [3.05, 3.63) is 47.9 Å². The van der Waals surface area contributed by atoms with Crippen LogP contribution in [-0.4, -0.2) is 25.4 Å². The molecular formula is C15H15N5OS. The van der Waals surface area contributed by atoms with Crippen LogP contribution in [0.4, 0.5) is 5.13 Å². The second-order valence-corrected chi connectivity index (χ2v) is 5.63. The summed E-state index contributed by atoms with van der Waals surface area (Å²) in [6, 6.07) is 5.69. The summed E-state index contributed by atoms with van der Waals surface area (Å²) in [5.74, 6) is 0.719. The van der Waals surface area contributed by atoms with Crippen LogP contribution in [0.25, 0.3) is 11.5 Å². The third-order valence-electron chi connectivity index (χ3n) is 3.14. The van der Waals surface area contributed by atoms with Crippen molar-refractivity contribution in [3.8, 4) is 11.5 Å². The molecule has 0 aliphatic carbocycles. The monoisotopic (exact) mass is 313 g/mol. The number of anilines is 1. The molecule has 0 saturated carbocycles. The van der Waals surface area contributed by atoms with Crippen LogP contribution < -0.4 is 5.32 Å². The minimum absolute atomic E-state index is 0.0635. The zero-order valence-corrected chi connectivity index (χ0v) is 12.9. The number of pyridine rings is 1. The summed E-state index contributed by atoms with van der Waals surface area (Å²) in [6.45, 7) is 0. The molecule has 0 radical (unpaired) electrons. The average Bonchev–Trinajstić information content (AvgIpc) is 3.15. The molecule has 0 aliphatic heterocycles. The minimum atomic E-state index is -0.0635. The molecule has 3 aromatic heterocycles. The van der Waals surface area contributed by atoms with Gasteiger partial charge < -0.3 is 9.88 Å². The third-order valence-corrected chi connectivity index (χ3v) is 3.89. The van der Waals surface area contributed by atoms with Crippen LogP contribution in [0.1, 0.15) is 12.1 Å². The molecule has 1 N–H and O–H groups in total. The molecule has 0 fully saturated rings. The molecule has 22 heavy (non-hydrogen) atoms. The Morgan fingerprint density at radius 2 is 2.23 bits per heavy atom. The molecule has 112 valence electrons. The Hall–Kier alpha value is -2.54. The predicted octanol–water partition coefficient (Wildman–Crippen LogP) is 2.51. The van der Waals surface area contributed by atoms with Gasteiger partial charge in [0.2, 0.25) is 5.91 Å². The van der Waals surface area contributed by atoms with E-state index in [1.807, 2.05) is 41.4 Å². The summed E-state index contributed by atoms with van der Waals surface area (Å²) in [6.07, 6.45) is 6.31. The van der Waals surface area contributed by atoms with E-state index in [9.17, 15) is 4.79 Å². The number of hydrogen-bond acceptors (Lipinski definition) is 5. The van der Waals surface area contributed by atoms with Crippen molar-refractivity contribution in [3.63, 3.8) is 0 Å². The van der Waals surface area contributed by atoms with Crippen LogP contribution in [0.3, 0.4) is 0 Å². The predicted molar refractivity (Wildman–Crippen MR) is 85.5 cm³/mol. The molecule has 3 heterocycles. The van der Waals surface area contributed by atoms with E-state index in [0.717, 1.165) is 17.2 Å². The van der Waals surface area contributed by atoms with E-state index in [1.54, 1.807) is 12.4 Å². The van der Waals surface area contributed by atoms with Crippen molar-refractivity contribution in [2.24, 2.45) is 7.05 Å². The van der Waals surface area contributed by atoms with E-state index in [4.69, 9.17) is 0 Å². The van der Waals surface area contributed by atoms with Crippen molar-refractivity contribution >= 4 is 22.4 Å². The van der Waals surface area contributed by atoms with Gasteiger partial charge in [-0.25, -0.2) is 9.97 Å². The summed E-state index contributed by atoms with van der Waals surface area (Å²) in [4.78, 5) is 24.8. The average molecular weight is 313 g/mol. The lowest BCUT2D eigenvalue weighted by Crippen LogP contribution is -2.12. The van der Waals surface area contributed by atoms with Crippen molar-refractivity contribution in [1.29, 1.82) is 0 Å². The first kappa shape index (κ1) is 14.4. The number of carbonyl (C=O) groups is 1. The van der Waals surface area contributed by atoms with Gasteiger partial charge in [-0.05, 0) is 18.6 Å². The molecule has 0 aromatic carbocycles. The quantitative estimate of drug-likeness (QED) is 0.785. The summed E-state index contributed by atoms with van der Waals surface area (Å²) >= 11 is 1.39. The lowest BCUT2D eigenvalue weighted by Gasteiger charge is -2.01. The third kappa shape index (κ3) is 3.37. The van der Waals surface area contributed by atoms with Gasteiger partial charge in [0.1, 0.15) is 5.69 Å². The zero-order chi connectivity index (χ0) is 15.4. The highest BCUT2D eigenvalue weighted by molar-refractivity contribution is 7.14. The SMILES string of the molecule is Cn1ccnc1-c1csc(NC(=O)CCc2ccccn2)n1. The second kappa shape index (κ2) is 6.48. The maximum absolute atomic E-state index is 12.0. The number of rotatable bonds is 5. The fourth-order valence-corrected chi connectivity index (χ4v) is 2.72. The Labute approximate surface area is 131 Å². The molecule has 7 heteroatoms. The smallest absolute Gasteiger partial charge is 0.226 e. The number of hydrogen-bond donors (Lipinski definition) is 1. The molecule has 0 bridgehead atoms. The Balaban J connectivity index is 1.58. The number of aromatic nitrogens is 4. The van der Waals surface area contributed by atoms with Gasteiger partial charge in [0.05, 0.1) is 0 Å². The number of amides is 1. The summed E-state index contributed by atoms with van der Waals surface area (Å²) in [7, 11) is 1.91. The van der Waals surface area contributed by atoms with E-state index < -0.39 is 0 Å². The molecule has 0 atom stereocenters. The van der Waals surface area contributed by atoms with Crippen LogP contribution >= 0.6 is 11.3 Å². The summed E-state index contributed by atoms with van der Waals surface area (Å²) in [5.41, 5.74) is 1.67. The van der Waals surface area contributed by atoms with E-state index >= 15 is 0 Å². The van der Waals surface area contributed by atoms with Crippen LogP contribution in [0.15, 0.2) is 42.2 Å². The number of aryl methyl sites for hydroxylation is 2. The van der Waals surface area contributed by atoms with Gasteiger partial charge in [0, 0.05) is 43.1 Å². The highest BCUT2D eigenvalue weighted by atomic mass is 32.1. The largest absolute Gasteiger partial charge is 0.333 e. The van der Waals surface area contributed by atoms with Crippen LogP contribution in [0.5, 0.6) is 0 Å². The van der Waals surface area contributed by atoms with Gasteiger partial charge in [0.15, 0.2) is 11.0 Å². The molecule has 1 amide bonds. The second-order valence-electron chi connectivity index (χ2n) is 4.77. The normalized spacial score (nSPS) is 10.6. The first-order valence-electron chi connectivity index (χ1n) is 6.85. The first-order valence-corrected chi connectivity index (χ1v) is 7.73. The molecule has 0 aliphatic rings. The summed E-state index contributed by atoms with van der Waals surface area (Å²) < 4.78 is 1.89. The minimum Gasteiger partial charge on any atom is -0.333 e. The number of nitrogens with zero attached hydrogens (tertiary/aromatic N) is 4. The van der Waals surface area contributed by atoms with Gasteiger partial charge in [-0.3, -0.25) is 9.78 Å². The molecule has 3 rings (SSSR count). The van der Waals surface area contributed by atoms with Gasteiger partial charge in [-0.15, -0.1) is 11.3 Å². The Kier molecular flexibility index (Phi) is 4.24. The van der Waals surface area contributed by atoms with E-state index in [0.29, 0.717) is 18.0 Å². The first-order chi connectivity index (χ1) is 10.7. The Morgan fingerprint density at radius 1 is 1.32 bits per heavy atom. The molecule has 0 unspecified atom stereocenters. The van der Waals surface area contributed by atoms with Crippen molar-refractivity contribution in [2.45, 2.75) is 12.8 Å². The fourth-order valence-electron chi connectivity index (χ4n) is 2.02. The topological polar surface area (TPSA) is 72.7 Å². The number of carbonyl (C=O) groups excluding carboxylic acids is 1.